The Bertz CT molecular complexity index is 537. The van der Waals surface area contributed by atoms with Crippen molar-refractivity contribution in [2.24, 2.45) is 5.73 Å². The molecular formula is C10H11BrN4O. The van der Waals surface area contributed by atoms with Gasteiger partial charge >= 0.3 is 0 Å². The number of hydrogen-bond donors (Lipinski definition) is 1. The van der Waals surface area contributed by atoms with Crippen molar-refractivity contribution in [1.29, 1.82) is 0 Å². The molecule has 1 aromatic heterocycles. The second-order valence-corrected chi connectivity index (χ2v) is 4.41. The Hall–Kier alpha value is -1.43. The van der Waals surface area contributed by atoms with Crippen molar-refractivity contribution >= 4 is 32.9 Å². The maximum atomic E-state index is 11.3. The number of rotatable bonds is 3. The fraction of sp³-hybridized carbons (Fsp3) is 0.300. The van der Waals surface area contributed by atoms with Crippen molar-refractivity contribution < 1.29 is 4.79 Å². The van der Waals surface area contributed by atoms with Gasteiger partial charge < -0.3 is 5.73 Å². The number of nitrogens with zero attached hydrogens (tertiary/aromatic N) is 3. The molecule has 2 aromatic rings. The van der Waals surface area contributed by atoms with Crippen molar-refractivity contribution in [3.05, 3.63) is 22.7 Å². The van der Waals surface area contributed by atoms with Crippen LogP contribution < -0.4 is 5.73 Å². The first kappa shape index (κ1) is 11.1. The van der Waals surface area contributed by atoms with Crippen LogP contribution in [-0.2, 0) is 4.79 Å². The lowest BCUT2D eigenvalue weighted by molar-refractivity contribution is -0.121. The van der Waals surface area contributed by atoms with Crippen LogP contribution in [0.15, 0.2) is 22.7 Å². The van der Waals surface area contributed by atoms with Gasteiger partial charge in [0.25, 0.3) is 0 Å². The second-order valence-electron chi connectivity index (χ2n) is 3.49. The fourth-order valence-electron chi connectivity index (χ4n) is 1.64. The summed E-state index contributed by atoms with van der Waals surface area (Å²) < 4.78 is 2.50. The quantitative estimate of drug-likeness (QED) is 0.930. The highest BCUT2D eigenvalue weighted by Crippen LogP contribution is 2.21. The van der Waals surface area contributed by atoms with E-state index < -0.39 is 11.9 Å². The van der Waals surface area contributed by atoms with Crippen LogP contribution in [0.1, 0.15) is 19.4 Å². The van der Waals surface area contributed by atoms with Crippen LogP contribution in [0.4, 0.5) is 0 Å². The van der Waals surface area contributed by atoms with Gasteiger partial charge in [-0.2, -0.15) is 0 Å². The number of hydrogen-bond acceptors (Lipinski definition) is 3. The Morgan fingerprint density at radius 3 is 3.00 bits per heavy atom. The first-order valence-corrected chi connectivity index (χ1v) is 5.72. The number of fused-ring (bicyclic) bond motifs is 1. The van der Waals surface area contributed by atoms with Crippen LogP contribution in [0.5, 0.6) is 0 Å². The Morgan fingerprint density at radius 2 is 2.38 bits per heavy atom. The Kier molecular flexibility index (Phi) is 2.91. The lowest BCUT2D eigenvalue weighted by atomic mass is 10.2. The molecular weight excluding hydrogens is 272 g/mol. The molecule has 5 nitrogen and oxygen atoms in total. The maximum Gasteiger partial charge on any atom is 0.242 e. The minimum atomic E-state index is -0.439. The predicted octanol–water partition coefficient (Wildman–Crippen LogP) is 1.63. The highest BCUT2D eigenvalue weighted by Gasteiger charge is 2.18. The van der Waals surface area contributed by atoms with E-state index >= 15 is 0 Å². The lowest BCUT2D eigenvalue weighted by Gasteiger charge is -2.11. The Balaban J connectivity index is 2.57. The molecule has 0 aliphatic heterocycles. The molecule has 1 heterocycles. The third-order valence-corrected chi connectivity index (χ3v) is 2.94. The summed E-state index contributed by atoms with van der Waals surface area (Å²) in [7, 11) is 0. The summed E-state index contributed by atoms with van der Waals surface area (Å²) in [5.41, 5.74) is 6.88. The summed E-state index contributed by atoms with van der Waals surface area (Å²) >= 11 is 3.36. The van der Waals surface area contributed by atoms with Gasteiger partial charge in [0.1, 0.15) is 11.6 Å². The number of carbonyl (C=O) groups excluding carboxylic acids is 1. The average molecular weight is 283 g/mol. The third-order valence-electron chi connectivity index (χ3n) is 2.44. The van der Waals surface area contributed by atoms with Crippen molar-refractivity contribution in [3.63, 3.8) is 0 Å². The molecule has 0 bridgehead atoms. The fourth-order valence-corrected chi connectivity index (χ4v) is 1.99. The number of nitrogens with two attached hydrogens (primary N) is 1. The summed E-state index contributed by atoms with van der Waals surface area (Å²) in [6.45, 7) is 1.89. The van der Waals surface area contributed by atoms with E-state index in [-0.39, 0.29) is 0 Å². The van der Waals surface area contributed by atoms with Gasteiger partial charge in [0.05, 0.1) is 5.52 Å². The van der Waals surface area contributed by atoms with Crippen LogP contribution in [0.3, 0.4) is 0 Å². The molecule has 2 N–H and O–H groups in total. The van der Waals surface area contributed by atoms with Crippen molar-refractivity contribution in [1.82, 2.24) is 15.0 Å². The predicted molar refractivity (Wildman–Crippen MR) is 63.8 cm³/mol. The summed E-state index contributed by atoms with van der Waals surface area (Å²) in [6.07, 6.45) is 0.601. The monoisotopic (exact) mass is 282 g/mol. The van der Waals surface area contributed by atoms with Crippen LogP contribution in [0.25, 0.3) is 11.0 Å². The van der Waals surface area contributed by atoms with E-state index in [9.17, 15) is 4.79 Å². The van der Waals surface area contributed by atoms with Crippen molar-refractivity contribution in [2.45, 2.75) is 19.4 Å². The molecule has 0 aliphatic rings. The van der Waals surface area contributed by atoms with Gasteiger partial charge in [-0.05, 0) is 24.6 Å². The first-order valence-electron chi connectivity index (χ1n) is 4.93. The van der Waals surface area contributed by atoms with Gasteiger partial charge in [-0.15, -0.1) is 5.10 Å². The van der Waals surface area contributed by atoms with Crippen LogP contribution in [0.2, 0.25) is 0 Å². The first-order chi connectivity index (χ1) is 7.63. The van der Waals surface area contributed by atoms with Gasteiger partial charge in [-0.1, -0.05) is 28.1 Å². The molecule has 1 amide bonds. The highest BCUT2D eigenvalue weighted by atomic mass is 79.9. The molecule has 0 saturated heterocycles. The molecule has 2 rings (SSSR count). The van der Waals surface area contributed by atoms with Gasteiger partial charge in [-0.3, -0.25) is 4.79 Å². The molecule has 0 saturated carbocycles. The molecule has 0 spiro atoms. The SMILES string of the molecule is CCC(C(N)=O)n1nnc2cc(Br)ccc21. The molecule has 0 aliphatic carbocycles. The van der Waals surface area contributed by atoms with Gasteiger partial charge in [-0.25, -0.2) is 4.68 Å². The van der Waals surface area contributed by atoms with E-state index in [1.54, 1.807) is 4.68 Å². The third kappa shape index (κ3) is 1.80. The number of aromatic nitrogens is 3. The standard InChI is InChI=1S/C10H11BrN4O/c1-2-8(10(12)16)15-9-4-3-6(11)5-7(9)13-14-15/h3-5,8H,2H2,1H3,(H2,12,16). The molecule has 1 atom stereocenters. The molecule has 84 valence electrons. The van der Waals surface area contributed by atoms with Crippen LogP contribution in [0, 0.1) is 0 Å². The van der Waals surface area contributed by atoms with E-state index in [1.165, 1.54) is 0 Å². The second kappa shape index (κ2) is 4.21. The zero-order valence-corrected chi connectivity index (χ0v) is 10.3. The van der Waals surface area contributed by atoms with E-state index in [0.717, 1.165) is 15.5 Å². The maximum absolute atomic E-state index is 11.3. The molecule has 16 heavy (non-hydrogen) atoms. The Morgan fingerprint density at radius 1 is 1.62 bits per heavy atom. The van der Waals surface area contributed by atoms with Gasteiger partial charge in [0.2, 0.25) is 5.91 Å². The number of halogens is 1. The smallest absolute Gasteiger partial charge is 0.242 e. The molecule has 1 aromatic carbocycles. The van der Waals surface area contributed by atoms with Crippen molar-refractivity contribution in [3.8, 4) is 0 Å². The molecule has 1 unspecified atom stereocenters. The minimum absolute atomic E-state index is 0.391. The van der Waals surface area contributed by atoms with Gasteiger partial charge in [0, 0.05) is 4.47 Å². The summed E-state index contributed by atoms with van der Waals surface area (Å²) in [6, 6.07) is 5.17. The summed E-state index contributed by atoms with van der Waals surface area (Å²) in [5.74, 6) is -0.391. The van der Waals surface area contributed by atoms with Crippen LogP contribution >= 0.6 is 15.9 Å². The van der Waals surface area contributed by atoms with Crippen molar-refractivity contribution in [2.75, 3.05) is 0 Å². The van der Waals surface area contributed by atoms with Crippen LogP contribution in [-0.4, -0.2) is 20.9 Å². The topological polar surface area (TPSA) is 73.8 Å². The van der Waals surface area contributed by atoms with Gasteiger partial charge in [0.15, 0.2) is 0 Å². The van der Waals surface area contributed by atoms with E-state index in [4.69, 9.17) is 5.73 Å². The summed E-state index contributed by atoms with van der Waals surface area (Å²) in [5, 5.41) is 7.98. The Labute approximate surface area is 101 Å². The number of amides is 1. The normalized spacial score (nSPS) is 12.9. The zero-order valence-electron chi connectivity index (χ0n) is 8.72. The molecule has 0 radical (unpaired) electrons. The number of benzene rings is 1. The largest absolute Gasteiger partial charge is 0.368 e. The summed E-state index contributed by atoms with van der Waals surface area (Å²) in [4.78, 5) is 11.3. The van der Waals surface area contributed by atoms with E-state index in [1.807, 2.05) is 25.1 Å². The van der Waals surface area contributed by atoms with E-state index in [0.29, 0.717) is 6.42 Å². The molecule has 6 heteroatoms. The zero-order chi connectivity index (χ0) is 11.7. The van der Waals surface area contributed by atoms with E-state index in [2.05, 4.69) is 26.2 Å². The highest BCUT2D eigenvalue weighted by molar-refractivity contribution is 9.10. The number of primary amides is 1. The minimum Gasteiger partial charge on any atom is -0.368 e. The lowest BCUT2D eigenvalue weighted by Crippen LogP contribution is -2.26. The average Bonchev–Trinajstić information content (AvgIpc) is 2.62. The number of carbonyl (C=O) groups is 1. The molecule has 0 fully saturated rings.